The molecule has 1 atom stereocenters. The average molecular weight is 326 g/mol. The van der Waals surface area contributed by atoms with Gasteiger partial charge in [-0.1, -0.05) is 34.1 Å². The molecule has 2 N–H and O–H groups in total. The van der Waals surface area contributed by atoms with Crippen LogP contribution in [0.5, 0.6) is 0 Å². The molecule has 1 amide bonds. The number of nitrogens with two attached hydrogens (primary N) is 1. The van der Waals surface area contributed by atoms with Gasteiger partial charge in [-0.25, -0.2) is 0 Å². The fourth-order valence-electron chi connectivity index (χ4n) is 2.29. The van der Waals surface area contributed by atoms with Gasteiger partial charge in [0, 0.05) is 37.2 Å². The summed E-state index contributed by atoms with van der Waals surface area (Å²) >= 11 is 3.51. The number of nitrogens with zero attached hydrogens (tertiary/aromatic N) is 2. The number of hydrogen-bond donors (Lipinski definition) is 1. The van der Waals surface area contributed by atoms with Crippen LogP contribution in [0, 0.1) is 0 Å². The van der Waals surface area contributed by atoms with E-state index in [-0.39, 0.29) is 11.9 Å². The predicted octanol–water partition coefficient (Wildman–Crippen LogP) is 1.44. The zero-order valence-corrected chi connectivity index (χ0v) is 12.8. The highest BCUT2D eigenvalue weighted by Crippen LogP contribution is 2.17. The number of amides is 1. The Morgan fingerprint density at radius 1 is 1.53 bits per heavy atom. The fraction of sp³-hybridized carbons (Fsp3) is 0.500. The van der Waals surface area contributed by atoms with Gasteiger partial charge in [0.1, 0.15) is 0 Å². The molecular formula is C14H20BrN3O. The Morgan fingerprint density at radius 3 is 2.89 bits per heavy atom. The number of carbonyl (C=O) groups excluding carboxylic acids is 1. The Balaban J connectivity index is 1.87. The zero-order valence-electron chi connectivity index (χ0n) is 11.2. The SMILES string of the molecule is CN(Cc1ccccc1Br)C(=O)CN1CC[C@H](N)C1. The van der Waals surface area contributed by atoms with Crippen molar-refractivity contribution in [3.63, 3.8) is 0 Å². The first-order valence-corrected chi connectivity index (χ1v) is 7.31. The molecule has 1 aliphatic heterocycles. The van der Waals surface area contributed by atoms with Crippen molar-refractivity contribution in [2.24, 2.45) is 5.73 Å². The number of halogens is 1. The van der Waals surface area contributed by atoms with Gasteiger partial charge in [-0.15, -0.1) is 0 Å². The highest BCUT2D eigenvalue weighted by atomic mass is 79.9. The van der Waals surface area contributed by atoms with Gasteiger partial charge < -0.3 is 10.6 Å². The van der Waals surface area contributed by atoms with Crippen LogP contribution in [0.15, 0.2) is 28.7 Å². The van der Waals surface area contributed by atoms with Crippen LogP contribution in [0.25, 0.3) is 0 Å². The number of benzene rings is 1. The zero-order chi connectivity index (χ0) is 13.8. The van der Waals surface area contributed by atoms with E-state index in [1.54, 1.807) is 4.90 Å². The van der Waals surface area contributed by atoms with Crippen LogP contribution in [-0.4, -0.2) is 48.4 Å². The molecule has 4 nitrogen and oxygen atoms in total. The molecule has 0 saturated carbocycles. The van der Waals surface area contributed by atoms with Crippen LogP contribution in [0.1, 0.15) is 12.0 Å². The van der Waals surface area contributed by atoms with Gasteiger partial charge in [-0.2, -0.15) is 0 Å². The van der Waals surface area contributed by atoms with Gasteiger partial charge in [0.2, 0.25) is 5.91 Å². The van der Waals surface area contributed by atoms with E-state index in [2.05, 4.69) is 20.8 Å². The molecule has 0 spiro atoms. The molecular weight excluding hydrogens is 306 g/mol. The average Bonchev–Trinajstić information content (AvgIpc) is 2.77. The van der Waals surface area contributed by atoms with Crippen molar-refractivity contribution in [2.45, 2.75) is 19.0 Å². The van der Waals surface area contributed by atoms with Crippen LogP contribution in [-0.2, 0) is 11.3 Å². The van der Waals surface area contributed by atoms with Crippen LogP contribution >= 0.6 is 15.9 Å². The van der Waals surface area contributed by atoms with E-state index < -0.39 is 0 Å². The van der Waals surface area contributed by atoms with E-state index in [1.807, 2.05) is 31.3 Å². The first kappa shape index (κ1) is 14.5. The molecule has 19 heavy (non-hydrogen) atoms. The van der Waals surface area contributed by atoms with Gasteiger partial charge in [0.25, 0.3) is 0 Å². The highest BCUT2D eigenvalue weighted by Gasteiger charge is 2.22. The van der Waals surface area contributed by atoms with Crippen molar-refractivity contribution < 1.29 is 4.79 Å². The molecule has 2 rings (SSSR count). The third kappa shape index (κ3) is 4.03. The van der Waals surface area contributed by atoms with Crippen molar-refractivity contribution in [2.75, 3.05) is 26.7 Å². The maximum absolute atomic E-state index is 12.1. The predicted molar refractivity (Wildman–Crippen MR) is 79.6 cm³/mol. The summed E-state index contributed by atoms with van der Waals surface area (Å²) in [5, 5.41) is 0. The van der Waals surface area contributed by atoms with Crippen LogP contribution < -0.4 is 5.73 Å². The molecule has 1 aromatic carbocycles. The Hall–Kier alpha value is -0.910. The molecule has 0 bridgehead atoms. The van der Waals surface area contributed by atoms with Crippen molar-refractivity contribution in [1.29, 1.82) is 0 Å². The van der Waals surface area contributed by atoms with E-state index >= 15 is 0 Å². The summed E-state index contributed by atoms with van der Waals surface area (Å²) in [5.74, 6) is 0.143. The van der Waals surface area contributed by atoms with Crippen LogP contribution in [0.2, 0.25) is 0 Å². The summed E-state index contributed by atoms with van der Waals surface area (Å²) in [6, 6.07) is 8.20. The molecule has 1 fully saturated rings. The molecule has 1 saturated heterocycles. The normalized spacial score (nSPS) is 19.6. The van der Waals surface area contributed by atoms with Gasteiger partial charge in [0.05, 0.1) is 6.54 Å². The topological polar surface area (TPSA) is 49.6 Å². The minimum absolute atomic E-state index is 0.143. The lowest BCUT2D eigenvalue weighted by molar-refractivity contribution is -0.131. The summed E-state index contributed by atoms with van der Waals surface area (Å²) < 4.78 is 1.04. The maximum atomic E-state index is 12.1. The molecule has 1 aromatic rings. The number of hydrogen-bond acceptors (Lipinski definition) is 3. The van der Waals surface area contributed by atoms with E-state index in [0.29, 0.717) is 13.1 Å². The number of rotatable bonds is 4. The quantitative estimate of drug-likeness (QED) is 0.911. The minimum Gasteiger partial charge on any atom is -0.340 e. The maximum Gasteiger partial charge on any atom is 0.236 e. The second kappa shape index (κ2) is 6.50. The summed E-state index contributed by atoms with van der Waals surface area (Å²) in [6.45, 7) is 2.85. The molecule has 0 radical (unpaired) electrons. The van der Waals surface area contributed by atoms with Crippen LogP contribution in [0.4, 0.5) is 0 Å². The lowest BCUT2D eigenvalue weighted by Crippen LogP contribution is -2.38. The molecule has 0 aliphatic carbocycles. The van der Waals surface area contributed by atoms with Gasteiger partial charge >= 0.3 is 0 Å². The Bertz CT molecular complexity index is 452. The first-order chi connectivity index (χ1) is 9.06. The molecule has 0 aromatic heterocycles. The van der Waals surface area contributed by atoms with E-state index in [4.69, 9.17) is 5.73 Å². The summed E-state index contributed by atoms with van der Waals surface area (Å²) in [7, 11) is 1.85. The molecule has 1 aliphatic rings. The van der Waals surface area contributed by atoms with Crippen molar-refractivity contribution in [1.82, 2.24) is 9.80 Å². The molecule has 104 valence electrons. The van der Waals surface area contributed by atoms with Crippen molar-refractivity contribution in [3.8, 4) is 0 Å². The van der Waals surface area contributed by atoms with Crippen molar-refractivity contribution in [3.05, 3.63) is 34.3 Å². The van der Waals surface area contributed by atoms with E-state index in [0.717, 1.165) is 29.5 Å². The molecule has 5 heteroatoms. The van der Waals surface area contributed by atoms with E-state index in [9.17, 15) is 4.79 Å². The Kier molecular flexibility index (Phi) is 4.96. The fourth-order valence-corrected chi connectivity index (χ4v) is 2.70. The Morgan fingerprint density at radius 2 is 2.26 bits per heavy atom. The largest absolute Gasteiger partial charge is 0.340 e. The minimum atomic E-state index is 0.143. The first-order valence-electron chi connectivity index (χ1n) is 6.51. The van der Waals surface area contributed by atoms with Crippen LogP contribution in [0.3, 0.4) is 0 Å². The third-order valence-corrected chi connectivity index (χ3v) is 4.23. The monoisotopic (exact) mass is 325 g/mol. The summed E-state index contributed by atoms with van der Waals surface area (Å²) in [4.78, 5) is 16.0. The second-order valence-corrected chi connectivity index (χ2v) is 5.98. The molecule has 0 unspecified atom stereocenters. The Labute approximate surface area is 122 Å². The summed E-state index contributed by atoms with van der Waals surface area (Å²) in [6.07, 6.45) is 0.987. The van der Waals surface area contributed by atoms with Crippen molar-refractivity contribution >= 4 is 21.8 Å². The van der Waals surface area contributed by atoms with E-state index in [1.165, 1.54) is 0 Å². The summed E-state index contributed by atoms with van der Waals surface area (Å²) in [5.41, 5.74) is 6.97. The van der Waals surface area contributed by atoms with Gasteiger partial charge in [0.15, 0.2) is 0 Å². The standard InChI is InChI=1S/C14H20BrN3O/c1-17(8-11-4-2-3-5-13(11)15)14(19)10-18-7-6-12(16)9-18/h2-5,12H,6-10,16H2,1H3/t12-/m0/s1. The van der Waals surface area contributed by atoms with Gasteiger partial charge in [-0.05, 0) is 18.1 Å². The highest BCUT2D eigenvalue weighted by molar-refractivity contribution is 9.10. The number of carbonyl (C=O) groups is 1. The lowest BCUT2D eigenvalue weighted by atomic mass is 10.2. The number of likely N-dealkylation sites (N-methyl/N-ethyl adjacent to an activating group) is 1. The van der Waals surface area contributed by atoms with Gasteiger partial charge in [-0.3, -0.25) is 9.69 Å². The third-order valence-electron chi connectivity index (χ3n) is 3.46. The molecule has 1 heterocycles. The smallest absolute Gasteiger partial charge is 0.236 e. The number of likely N-dealkylation sites (tertiary alicyclic amines) is 1. The lowest BCUT2D eigenvalue weighted by Gasteiger charge is -2.22. The second-order valence-electron chi connectivity index (χ2n) is 5.13.